The lowest BCUT2D eigenvalue weighted by Crippen LogP contribution is -2.37. The Morgan fingerprint density at radius 1 is 1.21 bits per heavy atom. The number of hydrogen-bond acceptors (Lipinski definition) is 5. The van der Waals surface area contributed by atoms with Crippen molar-refractivity contribution in [3.63, 3.8) is 0 Å². The third-order valence-electron chi connectivity index (χ3n) is 3.77. The average Bonchev–Trinajstić information content (AvgIpc) is 3.14. The highest BCUT2D eigenvalue weighted by Crippen LogP contribution is 2.07. The maximum Gasteiger partial charge on any atom is 0.260 e. The third kappa shape index (κ3) is 5.19. The minimum absolute atomic E-state index is 0.0769. The third-order valence-corrected chi connectivity index (χ3v) is 3.77. The number of hydrogen-bond donors (Lipinski definition) is 3. The number of carbonyl (C=O) groups is 1. The number of anilines is 1. The maximum absolute atomic E-state index is 13.9. The van der Waals surface area contributed by atoms with Crippen molar-refractivity contribution in [3.8, 4) is 0 Å². The molecule has 2 aromatic heterocycles. The molecule has 0 atom stereocenters. The predicted octanol–water partition coefficient (Wildman–Crippen LogP) is 2.40. The van der Waals surface area contributed by atoms with E-state index in [2.05, 4.69) is 35.6 Å². The monoisotopic (exact) mass is 381 g/mol. The zero-order valence-corrected chi connectivity index (χ0v) is 15.5. The normalized spacial score (nSPS) is 11.3. The number of carbonyl (C=O) groups excluding carboxylic acids is 1. The SMILES string of the molecule is Cc1cc(C)nc(NC(=NCCc2cnc[nH]2)NC(=O)c2ccccc2F)n1. The smallest absolute Gasteiger partial charge is 0.260 e. The minimum Gasteiger partial charge on any atom is -0.348 e. The van der Waals surface area contributed by atoms with Crippen LogP contribution in [-0.4, -0.2) is 38.3 Å². The Hall–Kier alpha value is -3.62. The lowest BCUT2D eigenvalue weighted by Gasteiger charge is -2.12. The van der Waals surface area contributed by atoms with E-state index in [1.807, 2.05) is 19.9 Å². The molecule has 0 bridgehead atoms. The summed E-state index contributed by atoms with van der Waals surface area (Å²) in [6, 6.07) is 7.57. The molecular formula is C19H20FN7O. The van der Waals surface area contributed by atoms with E-state index in [9.17, 15) is 9.18 Å². The number of amides is 1. The number of nitrogens with one attached hydrogen (secondary N) is 3. The zero-order chi connectivity index (χ0) is 19.9. The van der Waals surface area contributed by atoms with Gasteiger partial charge in [-0.25, -0.2) is 19.3 Å². The number of guanidine groups is 1. The van der Waals surface area contributed by atoms with Gasteiger partial charge in [0, 0.05) is 36.2 Å². The van der Waals surface area contributed by atoms with Crippen molar-refractivity contribution in [2.75, 3.05) is 11.9 Å². The van der Waals surface area contributed by atoms with Gasteiger partial charge in [0.05, 0.1) is 11.9 Å². The Morgan fingerprint density at radius 2 is 1.96 bits per heavy atom. The molecule has 0 unspecified atom stereocenters. The number of halogens is 1. The maximum atomic E-state index is 13.9. The highest BCUT2D eigenvalue weighted by molar-refractivity contribution is 6.09. The van der Waals surface area contributed by atoms with E-state index in [4.69, 9.17) is 0 Å². The number of imidazole rings is 1. The van der Waals surface area contributed by atoms with Crippen LogP contribution in [0.1, 0.15) is 27.4 Å². The number of nitrogens with zero attached hydrogens (tertiary/aromatic N) is 4. The van der Waals surface area contributed by atoms with Gasteiger partial charge in [0.2, 0.25) is 11.9 Å². The molecule has 0 radical (unpaired) electrons. The fourth-order valence-electron chi connectivity index (χ4n) is 2.53. The van der Waals surface area contributed by atoms with Crippen LogP contribution in [0.3, 0.4) is 0 Å². The van der Waals surface area contributed by atoms with Crippen LogP contribution in [0.5, 0.6) is 0 Å². The predicted molar refractivity (Wildman–Crippen MR) is 104 cm³/mol. The van der Waals surface area contributed by atoms with Crippen molar-refractivity contribution in [2.45, 2.75) is 20.3 Å². The summed E-state index contributed by atoms with van der Waals surface area (Å²) >= 11 is 0. The summed E-state index contributed by atoms with van der Waals surface area (Å²) < 4.78 is 13.9. The Bertz CT molecular complexity index is 965. The molecule has 1 amide bonds. The molecule has 0 spiro atoms. The number of H-pyrrole nitrogens is 1. The van der Waals surface area contributed by atoms with Crippen LogP contribution >= 0.6 is 0 Å². The van der Waals surface area contributed by atoms with Gasteiger partial charge in [0.15, 0.2) is 0 Å². The quantitative estimate of drug-likeness (QED) is 0.465. The van der Waals surface area contributed by atoms with Crippen molar-refractivity contribution in [1.82, 2.24) is 25.3 Å². The molecular weight excluding hydrogens is 361 g/mol. The summed E-state index contributed by atoms with van der Waals surface area (Å²) in [5.74, 6) is -0.792. The number of aromatic amines is 1. The number of rotatable bonds is 5. The molecule has 0 saturated carbocycles. The Kier molecular flexibility index (Phi) is 6.05. The van der Waals surface area contributed by atoms with Crippen LogP contribution in [0.15, 0.2) is 47.8 Å². The van der Waals surface area contributed by atoms with E-state index in [-0.39, 0.29) is 11.5 Å². The molecule has 28 heavy (non-hydrogen) atoms. The molecule has 8 nitrogen and oxygen atoms in total. The summed E-state index contributed by atoms with van der Waals surface area (Å²) in [5, 5.41) is 5.50. The Labute approximate surface area is 161 Å². The fourth-order valence-corrected chi connectivity index (χ4v) is 2.53. The second-order valence-corrected chi connectivity index (χ2v) is 6.09. The van der Waals surface area contributed by atoms with Gasteiger partial charge in [-0.15, -0.1) is 0 Å². The topological polar surface area (TPSA) is 108 Å². The van der Waals surface area contributed by atoms with Gasteiger partial charge in [-0.05, 0) is 32.0 Å². The van der Waals surface area contributed by atoms with Crippen LogP contribution in [0.4, 0.5) is 10.3 Å². The van der Waals surface area contributed by atoms with Gasteiger partial charge in [-0.2, -0.15) is 0 Å². The molecule has 2 heterocycles. The van der Waals surface area contributed by atoms with Crippen molar-refractivity contribution in [1.29, 1.82) is 0 Å². The molecule has 0 saturated heterocycles. The van der Waals surface area contributed by atoms with Gasteiger partial charge < -0.3 is 4.98 Å². The van der Waals surface area contributed by atoms with Crippen LogP contribution in [0.25, 0.3) is 0 Å². The summed E-state index contributed by atoms with van der Waals surface area (Å²) in [4.78, 5) is 32.3. The molecule has 144 valence electrons. The number of aryl methyl sites for hydroxylation is 2. The van der Waals surface area contributed by atoms with Gasteiger partial charge in [-0.3, -0.25) is 20.4 Å². The minimum atomic E-state index is -0.615. The first-order chi connectivity index (χ1) is 13.5. The molecule has 9 heteroatoms. The standard InChI is InChI=1S/C19H20FN7O/c1-12-9-13(2)25-19(24-12)27-18(22-8-7-14-10-21-11-23-14)26-17(28)15-5-3-4-6-16(15)20/h3-6,9-11H,7-8H2,1-2H3,(H,21,23)(H2,22,24,25,26,27,28). The number of aliphatic imine (C=N–C) groups is 1. The molecule has 0 aliphatic rings. The Morgan fingerprint density at radius 3 is 2.64 bits per heavy atom. The average molecular weight is 381 g/mol. The first kappa shape index (κ1) is 19.2. The van der Waals surface area contributed by atoms with E-state index in [1.165, 1.54) is 18.2 Å². The summed E-state index contributed by atoms with van der Waals surface area (Å²) in [5.41, 5.74) is 2.37. The molecule has 0 aliphatic heterocycles. The number of benzene rings is 1. The summed E-state index contributed by atoms with van der Waals surface area (Å²) in [6.45, 7) is 4.05. The molecule has 0 aliphatic carbocycles. The van der Waals surface area contributed by atoms with Gasteiger partial charge >= 0.3 is 0 Å². The highest BCUT2D eigenvalue weighted by atomic mass is 19.1. The number of aromatic nitrogens is 4. The fraction of sp³-hybridized carbons (Fsp3) is 0.211. The molecule has 3 N–H and O–H groups in total. The van der Waals surface area contributed by atoms with Gasteiger partial charge in [0.1, 0.15) is 5.82 Å². The van der Waals surface area contributed by atoms with Crippen molar-refractivity contribution in [2.24, 2.45) is 4.99 Å². The van der Waals surface area contributed by atoms with Gasteiger partial charge in [0.25, 0.3) is 5.91 Å². The van der Waals surface area contributed by atoms with E-state index in [0.717, 1.165) is 17.1 Å². The van der Waals surface area contributed by atoms with Crippen molar-refractivity contribution in [3.05, 3.63) is 71.3 Å². The van der Waals surface area contributed by atoms with Crippen LogP contribution in [0, 0.1) is 19.7 Å². The van der Waals surface area contributed by atoms with Gasteiger partial charge in [-0.1, -0.05) is 12.1 Å². The highest BCUT2D eigenvalue weighted by Gasteiger charge is 2.14. The first-order valence-corrected chi connectivity index (χ1v) is 8.68. The van der Waals surface area contributed by atoms with Crippen LogP contribution in [-0.2, 0) is 6.42 Å². The van der Waals surface area contributed by atoms with E-state index in [0.29, 0.717) is 18.9 Å². The van der Waals surface area contributed by atoms with Crippen molar-refractivity contribution < 1.29 is 9.18 Å². The van der Waals surface area contributed by atoms with E-state index >= 15 is 0 Å². The molecule has 3 aromatic rings. The van der Waals surface area contributed by atoms with Crippen LogP contribution < -0.4 is 10.6 Å². The summed E-state index contributed by atoms with van der Waals surface area (Å²) in [7, 11) is 0. The van der Waals surface area contributed by atoms with Crippen molar-refractivity contribution >= 4 is 17.8 Å². The molecule has 0 fully saturated rings. The first-order valence-electron chi connectivity index (χ1n) is 8.68. The van der Waals surface area contributed by atoms with E-state index in [1.54, 1.807) is 18.6 Å². The summed E-state index contributed by atoms with van der Waals surface area (Å²) in [6.07, 6.45) is 3.88. The Balaban J connectivity index is 1.78. The molecule has 1 aromatic carbocycles. The second-order valence-electron chi connectivity index (χ2n) is 6.09. The van der Waals surface area contributed by atoms with Crippen LogP contribution in [0.2, 0.25) is 0 Å². The lowest BCUT2D eigenvalue weighted by molar-refractivity contribution is 0.0973. The van der Waals surface area contributed by atoms with E-state index < -0.39 is 11.7 Å². The zero-order valence-electron chi connectivity index (χ0n) is 15.5. The lowest BCUT2D eigenvalue weighted by atomic mass is 10.2. The molecule has 3 rings (SSSR count). The largest absolute Gasteiger partial charge is 0.348 e. The second kappa shape index (κ2) is 8.85.